The number of H-pyrrole nitrogens is 1. The number of fused-ring (bicyclic) bond motifs is 1. The number of hydrogen-bond donors (Lipinski definition) is 5. The number of aryl methyl sites for hydroxylation is 1. The summed E-state index contributed by atoms with van der Waals surface area (Å²) in [5.74, 6) is 0.104. The van der Waals surface area contributed by atoms with Crippen LogP contribution in [0.25, 0.3) is 23.1 Å². The highest BCUT2D eigenvalue weighted by molar-refractivity contribution is 7.99. The summed E-state index contributed by atoms with van der Waals surface area (Å²) in [6, 6.07) is 22.4. The van der Waals surface area contributed by atoms with Crippen LogP contribution in [0, 0.1) is 6.92 Å². The zero-order valence-corrected chi connectivity index (χ0v) is 34.8. The maximum absolute atomic E-state index is 13.6. The highest BCUT2D eigenvalue weighted by Gasteiger charge is 2.24. The van der Waals surface area contributed by atoms with E-state index in [2.05, 4.69) is 33.2 Å². The first-order valence-electron chi connectivity index (χ1n) is 20.1. The minimum atomic E-state index is -0.657. The fourth-order valence-corrected chi connectivity index (χ4v) is 8.34. The Balaban J connectivity index is 0.954. The number of aromatic nitrogens is 2. The van der Waals surface area contributed by atoms with Gasteiger partial charge < -0.3 is 40.8 Å². The van der Waals surface area contributed by atoms with Gasteiger partial charge in [-0.15, -0.1) is 0 Å². The number of rotatable bonds is 18. The third-order valence-electron chi connectivity index (χ3n) is 10.7. The van der Waals surface area contributed by atoms with E-state index in [1.807, 2.05) is 73.3 Å². The van der Waals surface area contributed by atoms with Gasteiger partial charge in [0.1, 0.15) is 5.75 Å². The molecule has 5 aromatic rings. The molecule has 6 N–H and O–H groups in total. The number of nitrogens with zero attached hydrogens (tertiary/aromatic N) is 2. The Bertz CT molecular complexity index is 2450. The fraction of sp³-hybridized carbons (Fsp3) is 0.348. The molecule has 1 atom stereocenters. The standard InChI is InChI=1S/C46H54N6O6S/c1-29-23-37(26-39-43(29)49-27-40(45(47)55)44(39)51-33-12-10-13-35(25-33)57-4)59-36-14-9-11-32(24-36)46(56)52-20-17-34(18-21-52)58-22-8-6-5-7-19-48-28-41(53)30(2)38-15-16-42(54)50-31(38)3/h9-16,23-27,34,41,48,53H,3,5-8,17-22,28H2,1-2,4H3,(H2,47,55)(H,49,51)(H,50,54). The summed E-state index contributed by atoms with van der Waals surface area (Å²) >= 11 is 1.54. The number of carbonyl (C=O) groups excluding carboxylic acids is 2. The molecule has 0 spiro atoms. The van der Waals surface area contributed by atoms with Crippen LogP contribution >= 0.6 is 11.8 Å². The van der Waals surface area contributed by atoms with Crippen molar-refractivity contribution >= 4 is 58.0 Å². The fourth-order valence-electron chi connectivity index (χ4n) is 7.32. The van der Waals surface area contributed by atoms with Crippen LogP contribution in [0.1, 0.15) is 71.7 Å². The van der Waals surface area contributed by atoms with Crippen LogP contribution in [0.5, 0.6) is 5.75 Å². The molecule has 1 aliphatic rings. The number of ether oxygens (including phenoxy) is 2. The third kappa shape index (κ3) is 11.4. The summed E-state index contributed by atoms with van der Waals surface area (Å²) in [5.41, 5.74) is 10.3. The number of likely N-dealkylation sites (tertiary alicyclic amines) is 1. The molecule has 13 heteroatoms. The van der Waals surface area contributed by atoms with Crippen LogP contribution in [-0.2, 0) is 4.74 Å². The van der Waals surface area contributed by atoms with Crippen LogP contribution in [0.3, 0.4) is 0 Å². The number of aliphatic hydroxyl groups is 1. The second-order valence-corrected chi connectivity index (χ2v) is 16.1. The van der Waals surface area contributed by atoms with Crippen LogP contribution in [0.2, 0.25) is 0 Å². The first kappa shape index (κ1) is 43.1. The SMILES string of the molecule is C=c1[nH]c(=O)ccc1=C(C)C(O)CNCCCCCCOC1CCN(C(=O)c2cccc(Sc3cc(C)c4ncc(C(N)=O)c(Nc5cccc(OC)c5)c4c3)c2)CC1. The predicted molar refractivity (Wildman–Crippen MR) is 235 cm³/mol. The monoisotopic (exact) mass is 818 g/mol. The lowest BCUT2D eigenvalue weighted by atomic mass is 10.1. The summed E-state index contributed by atoms with van der Waals surface area (Å²) in [6.07, 6.45) is 6.73. The van der Waals surface area contributed by atoms with Crippen molar-refractivity contribution in [1.29, 1.82) is 0 Å². The molecule has 3 aromatic carbocycles. The second kappa shape index (κ2) is 20.5. The lowest BCUT2D eigenvalue weighted by Gasteiger charge is -2.32. The molecule has 1 unspecified atom stereocenters. The molecule has 59 heavy (non-hydrogen) atoms. The van der Waals surface area contributed by atoms with Gasteiger partial charge in [-0.3, -0.25) is 19.4 Å². The molecular formula is C46H54N6O6S. The minimum Gasteiger partial charge on any atom is -0.497 e. The Morgan fingerprint density at radius 1 is 1.03 bits per heavy atom. The van der Waals surface area contributed by atoms with Gasteiger partial charge in [0.2, 0.25) is 5.56 Å². The van der Waals surface area contributed by atoms with Gasteiger partial charge in [-0.25, -0.2) is 0 Å². The number of methoxy groups -OCH3 is 1. The van der Waals surface area contributed by atoms with Crippen molar-refractivity contribution in [3.63, 3.8) is 0 Å². The Labute approximate surface area is 348 Å². The van der Waals surface area contributed by atoms with Crippen LogP contribution in [-0.4, -0.2) is 83.9 Å². The molecule has 1 aliphatic heterocycles. The number of nitrogens with two attached hydrogens (primary N) is 1. The number of nitrogens with one attached hydrogen (secondary N) is 3. The van der Waals surface area contributed by atoms with Crippen molar-refractivity contribution in [2.24, 2.45) is 5.73 Å². The second-order valence-electron chi connectivity index (χ2n) is 14.9. The summed E-state index contributed by atoms with van der Waals surface area (Å²) in [7, 11) is 1.60. The van der Waals surface area contributed by atoms with Crippen molar-refractivity contribution < 1.29 is 24.2 Å². The van der Waals surface area contributed by atoms with Gasteiger partial charge in [0.25, 0.3) is 11.8 Å². The molecule has 0 aliphatic carbocycles. The van der Waals surface area contributed by atoms with Gasteiger partial charge in [0.05, 0.1) is 36.1 Å². The van der Waals surface area contributed by atoms with Gasteiger partial charge in [0.15, 0.2) is 0 Å². The van der Waals surface area contributed by atoms with Gasteiger partial charge >= 0.3 is 0 Å². The highest BCUT2D eigenvalue weighted by Crippen LogP contribution is 2.37. The summed E-state index contributed by atoms with van der Waals surface area (Å²) < 4.78 is 11.6. The zero-order valence-electron chi connectivity index (χ0n) is 34.0. The van der Waals surface area contributed by atoms with E-state index in [0.29, 0.717) is 48.6 Å². The quantitative estimate of drug-likeness (QED) is 0.0697. The number of carbonyl (C=O) groups is 2. The topological polar surface area (TPSA) is 172 Å². The highest BCUT2D eigenvalue weighted by atomic mass is 32.2. The zero-order chi connectivity index (χ0) is 41.9. The van der Waals surface area contributed by atoms with E-state index in [0.717, 1.165) is 87.8 Å². The van der Waals surface area contributed by atoms with Gasteiger partial charge in [-0.1, -0.05) is 43.3 Å². The third-order valence-corrected chi connectivity index (χ3v) is 11.6. The van der Waals surface area contributed by atoms with E-state index in [1.165, 1.54) is 12.3 Å². The summed E-state index contributed by atoms with van der Waals surface area (Å²) in [6.45, 7) is 11.0. The molecule has 0 radical (unpaired) electrons. The van der Waals surface area contributed by atoms with E-state index in [1.54, 1.807) is 24.9 Å². The van der Waals surface area contributed by atoms with E-state index in [-0.39, 0.29) is 23.1 Å². The average Bonchev–Trinajstić information content (AvgIpc) is 3.23. The summed E-state index contributed by atoms with van der Waals surface area (Å²) in [5, 5.41) is 19.3. The molecule has 3 heterocycles. The molecule has 12 nitrogen and oxygen atoms in total. The molecule has 0 bridgehead atoms. The van der Waals surface area contributed by atoms with E-state index in [9.17, 15) is 19.5 Å². The first-order chi connectivity index (χ1) is 28.5. The van der Waals surface area contributed by atoms with Crippen molar-refractivity contribution in [1.82, 2.24) is 20.2 Å². The molecule has 2 aromatic heterocycles. The molecule has 0 saturated carbocycles. The number of anilines is 2. The smallest absolute Gasteiger partial charge is 0.253 e. The molecule has 1 fully saturated rings. The van der Waals surface area contributed by atoms with Crippen molar-refractivity contribution in [2.45, 2.75) is 74.4 Å². The lowest BCUT2D eigenvalue weighted by Crippen LogP contribution is -2.41. The normalized spacial score (nSPS) is 14.3. The number of piperidine rings is 1. The Kier molecular flexibility index (Phi) is 15.0. The van der Waals surface area contributed by atoms with Gasteiger partial charge in [-0.05, 0) is 111 Å². The van der Waals surface area contributed by atoms with Crippen molar-refractivity contribution in [3.8, 4) is 5.75 Å². The van der Waals surface area contributed by atoms with E-state index >= 15 is 0 Å². The molecular weight excluding hydrogens is 765 g/mol. The number of aliphatic hydroxyl groups excluding tert-OH is 1. The maximum atomic E-state index is 13.6. The number of unbranched alkanes of at least 4 members (excludes halogenated alkanes) is 3. The van der Waals surface area contributed by atoms with E-state index < -0.39 is 12.0 Å². The van der Waals surface area contributed by atoms with Crippen LogP contribution in [0.15, 0.2) is 93.6 Å². The van der Waals surface area contributed by atoms with Gasteiger partial charge in [-0.2, -0.15) is 0 Å². The number of primary amides is 1. The summed E-state index contributed by atoms with van der Waals surface area (Å²) in [4.78, 5) is 48.7. The maximum Gasteiger partial charge on any atom is 0.253 e. The molecule has 1 saturated heterocycles. The number of aromatic amines is 1. The first-order valence-corrected chi connectivity index (χ1v) is 20.9. The number of benzene rings is 3. The average molecular weight is 819 g/mol. The number of hydrogen-bond acceptors (Lipinski definition) is 10. The van der Waals surface area contributed by atoms with Crippen LogP contribution < -0.4 is 37.2 Å². The Morgan fingerprint density at radius 2 is 1.81 bits per heavy atom. The van der Waals surface area contributed by atoms with E-state index in [4.69, 9.17) is 15.2 Å². The van der Waals surface area contributed by atoms with Crippen molar-refractivity contribution in [2.75, 3.05) is 45.2 Å². The molecule has 6 rings (SSSR count). The number of amides is 2. The van der Waals surface area contributed by atoms with Gasteiger partial charge in [0, 0.05) is 76.3 Å². The Hall–Kier alpha value is -5.47. The van der Waals surface area contributed by atoms with Crippen LogP contribution in [0.4, 0.5) is 11.4 Å². The number of pyridine rings is 2. The minimum absolute atomic E-state index is 0.0124. The predicted octanol–water partition coefficient (Wildman–Crippen LogP) is 5.65. The van der Waals surface area contributed by atoms with Crippen molar-refractivity contribution in [3.05, 3.63) is 117 Å². The Morgan fingerprint density at radius 3 is 2.58 bits per heavy atom. The largest absolute Gasteiger partial charge is 0.497 e. The molecule has 2 amide bonds. The lowest BCUT2D eigenvalue weighted by molar-refractivity contribution is 0.00718. The molecule has 310 valence electrons.